The van der Waals surface area contributed by atoms with E-state index >= 15 is 0 Å². The Bertz CT molecular complexity index is 1170. The molecular weight excluding hydrogens is 465 g/mol. The van der Waals surface area contributed by atoms with E-state index < -0.39 is 6.36 Å². The maximum Gasteiger partial charge on any atom is 0.573 e. The summed E-state index contributed by atoms with van der Waals surface area (Å²) in [5.74, 6) is 0.136. The van der Waals surface area contributed by atoms with Gasteiger partial charge in [0.1, 0.15) is 5.75 Å². The van der Waals surface area contributed by atoms with Gasteiger partial charge in [-0.25, -0.2) is 0 Å². The van der Waals surface area contributed by atoms with Crippen LogP contribution >= 0.6 is 15.9 Å². The topological polar surface area (TPSA) is 66.0 Å². The molecule has 0 aliphatic carbocycles. The van der Waals surface area contributed by atoms with Crippen molar-refractivity contribution < 1.29 is 22.4 Å². The maximum absolute atomic E-state index is 12.3. The SMILES string of the molecule is Cc1cc(-c2nc(-c3ccc(OC(F)(F)F)cc3)no2)nn1Cc1cccc(Br)c1. The summed E-state index contributed by atoms with van der Waals surface area (Å²) in [5, 5.41) is 8.42. The standard InChI is InChI=1S/C20H14BrF3N4O2/c1-12-9-17(26-28(12)11-13-3-2-4-15(21)10-13)19-25-18(27-30-19)14-5-7-16(8-6-14)29-20(22,23)24/h2-10H,11H2,1H3. The quantitative estimate of drug-likeness (QED) is 0.372. The number of benzene rings is 2. The Labute approximate surface area is 177 Å². The summed E-state index contributed by atoms with van der Waals surface area (Å²) in [6.45, 7) is 2.50. The van der Waals surface area contributed by atoms with Gasteiger partial charge in [-0.3, -0.25) is 4.68 Å². The van der Waals surface area contributed by atoms with Crippen LogP contribution in [0.15, 0.2) is 63.6 Å². The minimum absolute atomic E-state index is 0.219. The van der Waals surface area contributed by atoms with E-state index in [0.717, 1.165) is 15.7 Å². The summed E-state index contributed by atoms with van der Waals surface area (Å²) in [4.78, 5) is 4.31. The van der Waals surface area contributed by atoms with Gasteiger partial charge in [0.15, 0.2) is 5.69 Å². The van der Waals surface area contributed by atoms with E-state index in [1.165, 1.54) is 24.3 Å². The molecule has 30 heavy (non-hydrogen) atoms. The van der Waals surface area contributed by atoms with Gasteiger partial charge in [0.25, 0.3) is 5.89 Å². The van der Waals surface area contributed by atoms with Crippen LogP contribution in [-0.2, 0) is 6.54 Å². The molecule has 4 rings (SSSR count). The molecule has 0 aliphatic heterocycles. The van der Waals surface area contributed by atoms with Crippen LogP contribution in [0.2, 0.25) is 0 Å². The first-order chi connectivity index (χ1) is 14.3. The summed E-state index contributed by atoms with van der Waals surface area (Å²) < 4.78 is 48.8. The second-order valence-corrected chi connectivity index (χ2v) is 7.37. The fraction of sp³-hybridized carbons (Fsp3) is 0.150. The molecule has 2 aromatic carbocycles. The monoisotopic (exact) mass is 478 g/mol. The van der Waals surface area contributed by atoms with Crippen LogP contribution in [0, 0.1) is 6.92 Å². The molecule has 0 saturated heterocycles. The highest BCUT2D eigenvalue weighted by atomic mass is 79.9. The first kappa shape index (κ1) is 20.1. The van der Waals surface area contributed by atoms with Gasteiger partial charge in [-0.15, -0.1) is 13.2 Å². The Morgan fingerprint density at radius 3 is 2.57 bits per heavy atom. The van der Waals surface area contributed by atoms with Gasteiger partial charge in [-0.1, -0.05) is 33.2 Å². The van der Waals surface area contributed by atoms with Gasteiger partial charge < -0.3 is 9.26 Å². The van der Waals surface area contributed by atoms with E-state index in [-0.39, 0.29) is 17.5 Å². The number of aromatic nitrogens is 4. The van der Waals surface area contributed by atoms with E-state index in [9.17, 15) is 13.2 Å². The fourth-order valence-corrected chi connectivity index (χ4v) is 3.28. The molecule has 0 amide bonds. The highest BCUT2D eigenvalue weighted by molar-refractivity contribution is 9.10. The molecule has 2 heterocycles. The van der Waals surface area contributed by atoms with Gasteiger partial charge in [0.2, 0.25) is 5.82 Å². The number of rotatable bonds is 5. The lowest BCUT2D eigenvalue weighted by molar-refractivity contribution is -0.274. The summed E-state index contributed by atoms with van der Waals surface area (Å²) >= 11 is 3.45. The minimum atomic E-state index is -4.74. The smallest absolute Gasteiger partial charge is 0.406 e. The predicted octanol–water partition coefficient (Wildman–Crippen LogP) is 5.62. The lowest BCUT2D eigenvalue weighted by atomic mass is 10.2. The van der Waals surface area contributed by atoms with E-state index in [1.807, 2.05) is 41.9 Å². The largest absolute Gasteiger partial charge is 0.573 e. The average molecular weight is 479 g/mol. The third kappa shape index (κ3) is 4.70. The normalized spacial score (nSPS) is 11.6. The summed E-state index contributed by atoms with van der Waals surface area (Å²) in [6.07, 6.45) is -4.74. The maximum atomic E-state index is 12.3. The molecule has 2 aromatic heterocycles. The predicted molar refractivity (Wildman–Crippen MR) is 106 cm³/mol. The summed E-state index contributed by atoms with van der Waals surface area (Å²) in [6, 6.07) is 15.0. The van der Waals surface area contributed by atoms with E-state index in [2.05, 4.69) is 35.9 Å². The Morgan fingerprint density at radius 2 is 1.87 bits per heavy atom. The molecule has 0 unspecified atom stereocenters. The van der Waals surface area contributed by atoms with Crippen LogP contribution in [0.1, 0.15) is 11.3 Å². The zero-order valence-electron chi connectivity index (χ0n) is 15.5. The molecule has 0 radical (unpaired) electrons. The third-order valence-electron chi connectivity index (χ3n) is 4.19. The molecule has 0 aliphatic rings. The van der Waals surface area contributed by atoms with Crippen LogP contribution in [0.25, 0.3) is 23.0 Å². The van der Waals surface area contributed by atoms with Crippen LogP contribution in [-0.4, -0.2) is 26.3 Å². The van der Waals surface area contributed by atoms with Crippen LogP contribution < -0.4 is 4.74 Å². The average Bonchev–Trinajstić information content (AvgIpc) is 3.29. The van der Waals surface area contributed by atoms with Gasteiger partial charge in [0, 0.05) is 15.7 Å². The van der Waals surface area contributed by atoms with Gasteiger partial charge in [-0.05, 0) is 55.0 Å². The Morgan fingerprint density at radius 1 is 1.10 bits per heavy atom. The van der Waals surface area contributed by atoms with Crippen LogP contribution in [0.3, 0.4) is 0 Å². The summed E-state index contributed by atoms with van der Waals surface area (Å²) in [5.41, 5.74) is 3.00. The van der Waals surface area contributed by atoms with Crippen molar-refractivity contribution in [2.45, 2.75) is 19.8 Å². The number of halogens is 4. The Kier molecular flexibility index (Phi) is 5.33. The number of ether oxygens (including phenoxy) is 1. The fourth-order valence-electron chi connectivity index (χ4n) is 2.83. The van der Waals surface area contributed by atoms with Crippen molar-refractivity contribution in [1.29, 1.82) is 0 Å². The first-order valence-corrected chi connectivity index (χ1v) is 9.55. The Balaban J connectivity index is 1.53. The van der Waals surface area contributed by atoms with Gasteiger partial charge in [-0.2, -0.15) is 10.1 Å². The van der Waals surface area contributed by atoms with Crippen molar-refractivity contribution in [2.75, 3.05) is 0 Å². The van der Waals surface area contributed by atoms with Crippen molar-refractivity contribution in [3.05, 3.63) is 70.3 Å². The highest BCUT2D eigenvalue weighted by Crippen LogP contribution is 2.27. The van der Waals surface area contributed by atoms with E-state index in [0.29, 0.717) is 17.8 Å². The molecule has 0 saturated carbocycles. The molecule has 0 bridgehead atoms. The molecule has 0 fully saturated rings. The number of hydrogen-bond donors (Lipinski definition) is 0. The van der Waals surface area contributed by atoms with E-state index in [1.54, 1.807) is 0 Å². The zero-order chi connectivity index (χ0) is 21.3. The van der Waals surface area contributed by atoms with Crippen molar-refractivity contribution in [1.82, 2.24) is 19.9 Å². The Hall–Kier alpha value is -3.14. The van der Waals surface area contributed by atoms with Gasteiger partial charge >= 0.3 is 6.36 Å². The molecule has 154 valence electrons. The molecule has 10 heteroatoms. The first-order valence-electron chi connectivity index (χ1n) is 8.76. The van der Waals surface area contributed by atoms with Crippen LogP contribution in [0.5, 0.6) is 5.75 Å². The number of nitrogens with zero attached hydrogens (tertiary/aromatic N) is 4. The lowest BCUT2D eigenvalue weighted by Gasteiger charge is -2.08. The zero-order valence-corrected chi connectivity index (χ0v) is 17.1. The third-order valence-corrected chi connectivity index (χ3v) is 4.69. The molecule has 0 spiro atoms. The lowest BCUT2D eigenvalue weighted by Crippen LogP contribution is -2.16. The molecule has 0 atom stereocenters. The molecule has 0 N–H and O–H groups in total. The van der Waals surface area contributed by atoms with Crippen LogP contribution in [0.4, 0.5) is 13.2 Å². The van der Waals surface area contributed by atoms with Crippen molar-refractivity contribution in [3.8, 4) is 28.7 Å². The highest BCUT2D eigenvalue weighted by Gasteiger charge is 2.31. The van der Waals surface area contributed by atoms with E-state index in [4.69, 9.17) is 4.52 Å². The second-order valence-electron chi connectivity index (χ2n) is 6.45. The van der Waals surface area contributed by atoms with Crippen molar-refractivity contribution >= 4 is 15.9 Å². The number of alkyl halides is 3. The van der Waals surface area contributed by atoms with Crippen molar-refractivity contribution in [3.63, 3.8) is 0 Å². The molecular formula is C20H14BrF3N4O2. The van der Waals surface area contributed by atoms with Crippen molar-refractivity contribution in [2.24, 2.45) is 0 Å². The number of aryl methyl sites for hydroxylation is 1. The second kappa shape index (κ2) is 7.94. The minimum Gasteiger partial charge on any atom is -0.406 e. The summed E-state index contributed by atoms with van der Waals surface area (Å²) in [7, 11) is 0. The molecule has 6 nitrogen and oxygen atoms in total. The number of hydrogen-bond acceptors (Lipinski definition) is 5. The molecule has 4 aromatic rings. The van der Waals surface area contributed by atoms with Gasteiger partial charge in [0.05, 0.1) is 6.54 Å².